The molecule has 2 bridgehead atoms. The van der Waals surface area contributed by atoms with Crippen molar-refractivity contribution in [1.29, 1.82) is 0 Å². The molecule has 4 aromatic rings. The number of carboxylic acids is 1. The van der Waals surface area contributed by atoms with Crippen molar-refractivity contribution in [2.75, 3.05) is 19.6 Å². The number of hydrogen-bond donors (Lipinski definition) is 1. The van der Waals surface area contributed by atoms with Crippen molar-refractivity contribution in [3.63, 3.8) is 0 Å². The molecule has 0 unspecified atom stereocenters. The van der Waals surface area contributed by atoms with E-state index in [-0.39, 0.29) is 16.9 Å². The van der Waals surface area contributed by atoms with Gasteiger partial charge in [-0.25, -0.2) is 9.78 Å². The Bertz CT molecular complexity index is 1690. The lowest BCUT2D eigenvalue weighted by molar-refractivity contribution is 0.0607. The van der Waals surface area contributed by atoms with Crippen molar-refractivity contribution < 1.29 is 14.7 Å². The maximum absolute atomic E-state index is 13.4. The van der Waals surface area contributed by atoms with Crippen LogP contribution in [0.3, 0.4) is 0 Å². The number of hydrogen-bond acceptors (Lipinski definition) is 4. The quantitative estimate of drug-likeness (QED) is 0.257. The van der Waals surface area contributed by atoms with E-state index < -0.39 is 5.97 Å². The van der Waals surface area contributed by atoms with E-state index in [1.165, 1.54) is 54.5 Å². The van der Waals surface area contributed by atoms with Gasteiger partial charge in [0.25, 0.3) is 5.91 Å². The Morgan fingerprint density at radius 1 is 0.864 bits per heavy atom. The molecule has 3 atom stereocenters. The minimum absolute atomic E-state index is 0.0130. The van der Waals surface area contributed by atoms with E-state index >= 15 is 0 Å². The molecule has 1 N–H and O–H groups in total. The summed E-state index contributed by atoms with van der Waals surface area (Å²) in [6.07, 6.45) is 7.78. The van der Waals surface area contributed by atoms with E-state index in [0.717, 1.165) is 37.1 Å². The maximum Gasteiger partial charge on any atom is 0.335 e. The van der Waals surface area contributed by atoms with E-state index in [1.54, 1.807) is 12.1 Å². The molecule has 228 valence electrons. The molecule has 0 aliphatic carbocycles. The summed E-state index contributed by atoms with van der Waals surface area (Å²) in [6, 6.07) is 25.6. The fraction of sp³-hybridized carbons (Fsp3) is 0.432. The summed E-state index contributed by atoms with van der Waals surface area (Å²) in [4.78, 5) is 34.5. The van der Waals surface area contributed by atoms with Crippen LogP contribution < -0.4 is 0 Å². The lowest BCUT2D eigenvalue weighted by Gasteiger charge is -2.46. The zero-order valence-electron chi connectivity index (χ0n) is 25.8. The second-order valence-corrected chi connectivity index (χ2v) is 13.3. The van der Waals surface area contributed by atoms with Crippen LogP contribution in [-0.2, 0) is 5.41 Å². The number of benzene rings is 3. The van der Waals surface area contributed by atoms with Gasteiger partial charge in [0.15, 0.2) is 0 Å². The number of carboxylic acid groups (broad SMARTS) is 1. The van der Waals surface area contributed by atoms with Gasteiger partial charge < -0.3 is 14.6 Å². The zero-order chi connectivity index (χ0) is 30.4. The minimum atomic E-state index is -1.01. The second kappa shape index (κ2) is 11.5. The molecule has 3 aliphatic rings. The average Bonchev–Trinajstić information content (AvgIpc) is 3.50. The average molecular weight is 591 g/mol. The molecule has 7 rings (SSSR count). The Hall–Kier alpha value is -3.97. The van der Waals surface area contributed by atoms with Crippen molar-refractivity contribution in [3.8, 4) is 0 Å². The third-order valence-corrected chi connectivity index (χ3v) is 10.8. The number of aryl methyl sites for hydroxylation is 2. The Labute approximate surface area is 259 Å². The van der Waals surface area contributed by atoms with Crippen molar-refractivity contribution >= 4 is 22.9 Å². The van der Waals surface area contributed by atoms with Gasteiger partial charge in [-0.05, 0) is 107 Å². The van der Waals surface area contributed by atoms with Crippen molar-refractivity contribution in [3.05, 3.63) is 101 Å². The van der Waals surface area contributed by atoms with Crippen LogP contribution in [0.25, 0.3) is 11.0 Å². The lowest BCUT2D eigenvalue weighted by atomic mass is 9.70. The van der Waals surface area contributed by atoms with Crippen molar-refractivity contribution in [2.24, 2.45) is 0 Å². The maximum atomic E-state index is 13.4. The molecule has 3 aliphatic heterocycles. The van der Waals surface area contributed by atoms with Crippen LogP contribution in [0.5, 0.6) is 0 Å². The highest BCUT2D eigenvalue weighted by Crippen LogP contribution is 2.45. The summed E-state index contributed by atoms with van der Waals surface area (Å²) in [5.41, 5.74) is 5.63. The summed E-state index contributed by atoms with van der Waals surface area (Å²) in [6.45, 7) is 6.74. The first-order valence-corrected chi connectivity index (χ1v) is 16.2. The van der Waals surface area contributed by atoms with Crippen LogP contribution in [0.2, 0.25) is 0 Å². The molecule has 4 heterocycles. The highest BCUT2D eigenvalue weighted by molar-refractivity contribution is 5.97. The fourth-order valence-corrected chi connectivity index (χ4v) is 8.55. The molecule has 7 nitrogen and oxygen atoms in total. The number of likely N-dealkylation sites (tertiary alicyclic amines) is 1. The molecule has 3 saturated heterocycles. The van der Waals surface area contributed by atoms with Gasteiger partial charge in [0.1, 0.15) is 5.82 Å². The number of imidazole rings is 1. The highest BCUT2D eigenvalue weighted by Gasteiger charge is 2.44. The third kappa shape index (κ3) is 5.21. The number of fused-ring (bicyclic) bond motifs is 3. The fourth-order valence-electron chi connectivity index (χ4n) is 8.55. The number of amides is 1. The molecule has 44 heavy (non-hydrogen) atoms. The summed E-state index contributed by atoms with van der Waals surface area (Å²) in [5, 5.41) is 9.41. The Morgan fingerprint density at radius 2 is 1.57 bits per heavy atom. The molecule has 0 saturated carbocycles. The predicted molar refractivity (Wildman–Crippen MR) is 172 cm³/mol. The van der Waals surface area contributed by atoms with Gasteiger partial charge in [0.2, 0.25) is 0 Å². The van der Waals surface area contributed by atoms with E-state index in [4.69, 9.17) is 4.98 Å². The van der Waals surface area contributed by atoms with E-state index in [9.17, 15) is 14.7 Å². The Morgan fingerprint density at radius 3 is 2.30 bits per heavy atom. The molecular weight excluding hydrogens is 548 g/mol. The number of piperidine rings is 2. The second-order valence-electron chi connectivity index (χ2n) is 13.3. The largest absolute Gasteiger partial charge is 0.478 e. The first-order valence-electron chi connectivity index (χ1n) is 16.2. The number of para-hydroxylation sites is 2. The zero-order valence-corrected chi connectivity index (χ0v) is 25.8. The number of aromatic carboxylic acids is 1. The summed E-state index contributed by atoms with van der Waals surface area (Å²) < 4.78 is 2.51. The standard InChI is InChI=1S/C37H42N4O3/c1-25-7-5-10-29(21-25)37(15-18-39(19-16-37)35(42)27-8-6-9-28(22-27)36(43)44)17-20-40-30-13-14-31(40)24-32(23-30)41-26(2)38-33-11-3-4-12-34(33)41/h3-12,21-22,30-32H,13-20,23-24H2,1-2H3,(H,43,44)/t30-,31+,32+. The van der Waals surface area contributed by atoms with Gasteiger partial charge >= 0.3 is 5.97 Å². The molecular formula is C37H42N4O3. The lowest BCUT2D eigenvalue weighted by Crippen LogP contribution is -2.49. The van der Waals surface area contributed by atoms with Crippen molar-refractivity contribution in [2.45, 2.75) is 82.3 Å². The molecule has 0 radical (unpaired) electrons. The van der Waals surface area contributed by atoms with Crippen molar-refractivity contribution in [1.82, 2.24) is 19.4 Å². The first-order chi connectivity index (χ1) is 21.3. The van der Waals surface area contributed by atoms with Crippen LogP contribution in [-0.4, -0.2) is 68.1 Å². The molecule has 0 spiro atoms. The number of carbonyl (C=O) groups excluding carboxylic acids is 1. The highest BCUT2D eigenvalue weighted by atomic mass is 16.4. The van der Waals surface area contributed by atoms with Gasteiger partial charge in [-0.15, -0.1) is 0 Å². The molecule has 7 heteroatoms. The van der Waals surface area contributed by atoms with E-state index in [0.29, 0.717) is 36.8 Å². The van der Waals surface area contributed by atoms with Crippen LogP contribution in [0, 0.1) is 13.8 Å². The van der Waals surface area contributed by atoms with Crippen LogP contribution in [0.1, 0.15) is 88.7 Å². The number of carbonyl (C=O) groups is 2. The molecule has 1 aromatic heterocycles. The van der Waals surface area contributed by atoms with Crippen LogP contribution >= 0.6 is 0 Å². The summed E-state index contributed by atoms with van der Waals surface area (Å²) >= 11 is 0. The van der Waals surface area contributed by atoms with Gasteiger partial charge in [-0.2, -0.15) is 0 Å². The number of rotatable bonds is 7. The molecule has 3 fully saturated rings. The van der Waals surface area contributed by atoms with Gasteiger partial charge in [-0.1, -0.05) is 48.0 Å². The predicted octanol–water partition coefficient (Wildman–Crippen LogP) is 6.78. The number of nitrogens with zero attached hydrogens (tertiary/aromatic N) is 4. The van der Waals surface area contributed by atoms with E-state index in [2.05, 4.69) is 71.8 Å². The smallest absolute Gasteiger partial charge is 0.335 e. The Kier molecular flexibility index (Phi) is 7.53. The molecule has 3 aromatic carbocycles. The topological polar surface area (TPSA) is 78.7 Å². The van der Waals surface area contributed by atoms with Gasteiger partial charge in [0, 0.05) is 36.8 Å². The van der Waals surface area contributed by atoms with Gasteiger partial charge in [0.05, 0.1) is 16.6 Å². The summed E-state index contributed by atoms with van der Waals surface area (Å²) in [5.74, 6) is 0.0371. The normalized spacial score (nSPS) is 23.2. The monoisotopic (exact) mass is 590 g/mol. The minimum Gasteiger partial charge on any atom is -0.478 e. The van der Waals surface area contributed by atoms with E-state index in [1.807, 2.05) is 4.90 Å². The van der Waals surface area contributed by atoms with Crippen LogP contribution in [0.4, 0.5) is 0 Å². The summed E-state index contributed by atoms with van der Waals surface area (Å²) in [7, 11) is 0. The number of aromatic nitrogens is 2. The first kappa shape index (κ1) is 28.8. The SMILES string of the molecule is Cc1cccc(C2(CCN3[C@@H]4CC[C@H]3C[C@@H](n3c(C)nc5ccccc53)C4)CCN(C(=O)c3cccc(C(=O)O)c3)CC2)c1. The third-order valence-electron chi connectivity index (χ3n) is 10.8. The van der Waals surface area contributed by atoms with Gasteiger partial charge in [-0.3, -0.25) is 9.69 Å². The Balaban J connectivity index is 1.07. The van der Waals surface area contributed by atoms with Crippen LogP contribution in [0.15, 0.2) is 72.8 Å². The molecule has 1 amide bonds.